The number of nitrogens with zero attached hydrogens (tertiary/aromatic N) is 3. The zero-order chi connectivity index (χ0) is 32.8. The molecule has 3 aromatic carbocycles. The largest absolute Gasteiger partial charge is 1.00 e. The number of para-hydroxylation sites is 1. The number of carbonyl (C=O) groups is 3. The molecule has 1 aliphatic heterocycles. The molecular weight excluding hydrogens is 617 g/mol. The third-order valence-corrected chi connectivity index (χ3v) is 7.72. The van der Waals surface area contributed by atoms with E-state index in [2.05, 4.69) is 20.9 Å². The van der Waals surface area contributed by atoms with Crippen molar-refractivity contribution in [3.63, 3.8) is 0 Å². The predicted molar refractivity (Wildman–Crippen MR) is 164 cm³/mol. The summed E-state index contributed by atoms with van der Waals surface area (Å²) in [6.45, 7) is 0.608. The van der Waals surface area contributed by atoms with E-state index in [9.17, 15) is 34.8 Å². The summed E-state index contributed by atoms with van der Waals surface area (Å²) in [7, 11) is 0. The molecule has 5 rings (SSSR count). The molecule has 0 saturated heterocycles. The molecule has 0 saturated carbocycles. The zero-order valence-corrected chi connectivity index (χ0v) is 27.7. The minimum atomic E-state index is -1.63. The number of anilines is 1. The third-order valence-electron chi connectivity index (χ3n) is 7.72. The van der Waals surface area contributed by atoms with Crippen molar-refractivity contribution in [2.45, 2.75) is 31.3 Å². The van der Waals surface area contributed by atoms with Crippen LogP contribution in [0, 0.1) is 5.92 Å². The molecule has 1 aliphatic rings. The van der Waals surface area contributed by atoms with E-state index in [-0.39, 0.29) is 36.1 Å². The van der Waals surface area contributed by atoms with E-state index in [1.165, 1.54) is 17.0 Å². The van der Waals surface area contributed by atoms with Crippen LogP contribution in [0.5, 0.6) is 0 Å². The van der Waals surface area contributed by atoms with Gasteiger partial charge >= 0.3 is 29.6 Å². The van der Waals surface area contributed by atoms with Crippen LogP contribution in [0.2, 0.25) is 0 Å². The number of hydrogen-bond donors (Lipinski definition) is 5. The van der Waals surface area contributed by atoms with Crippen molar-refractivity contribution in [3.05, 3.63) is 102 Å². The Morgan fingerprint density at radius 3 is 2.32 bits per heavy atom. The van der Waals surface area contributed by atoms with Gasteiger partial charge in [-0.15, -0.1) is 5.10 Å². The summed E-state index contributed by atoms with van der Waals surface area (Å²) in [6.07, 6.45) is -1.58. The second-order valence-corrected chi connectivity index (χ2v) is 10.8. The topological polar surface area (TPSA) is 199 Å². The summed E-state index contributed by atoms with van der Waals surface area (Å²) < 4.78 is 6.75. The van der Waals surface area contributed by atoms with Crippen molar-refractivity contribution in [1.82, 2.24) is 20.3 Å². The minimum Gasteiger partial charge on any atom is -0.542 e. The number of hydrogen-bond acceptors (Lipinski definition) is 10. The van der Waals surface area contributed by atoms with Crippen LogP contribution in [-0.2, 0) is 14.3 Å². The van der Waals surface area contributed by atoms with E-state index >= 15 is 0 Å². The molecule has 1 aromatic heterocycles. The molecule has 2 amide bonds. The number of amides is 2. The smallest absolute Gasteiger partial charge is 0.542 e. The molecule has 0 bridgehead atoms. The molecule has 0 spiro atoms. The van der Waals surface area contributed by atoms with Crippen molar-refractivity contribution in [2.24, 2.45) is 5.92 Å². The van der Waals surface area contributed by atoms with Crippen molar-refractivity contribution in [1.29, 1.82) is 0 Å². The molecule has 0 unspecified atom stereocenters. The number of aromatic nitrogens is 3. The van der Waals surface area contributed by atoms with Gasteiger partial charge in [-0.25, -0.2) is 4.68 Å². The Bertz CT molecular complexity index is 1730. The quantitative estimate of drug-likeness (QED) is 0.112. The number of nitrogens with one attached hydrogen (secondary N) is 2. The maximum absolute atomic E-state index is 12.8. The average Bonchev–Trinajstić information content (AvgIpc) is 3.57. The van der Waals surface area contributed by atoms with Crippen LogP contribution in [0.4, 0.5) is 5.69 Å². The van der Waals surface area contributed by atoms with Gasteiger partial charge in [-0.3, -0.25) is 9.59 Å². The Morgan fingerprint density at radius 1 is 0.979 bits per heavy atom. The number of allylic oxidation sites excluding steroid dienone is 1. The predicted octanol–water partition coefficient (Wildman–Crippen LogP) is -2.09. The second kappa shape index (κ2) is 16.0. The van der Waals surface area contributed by atoms with E-state index in [0.29, 0.717) is 22.5 Å². The summed E-state index contributed by atoms with van der Waals surface area (Å²) in [5.41, 5.74) is 3.63. The van der Waals surface area contributed by atoms with Gasteiger partial charge in [-0.2, -0.15) is 0 Å². The minimum absolute atomic E-state index is 0. The summed E-state index contributed by atoms with van der Waals surface area (Å²) in [6, 6.07) is 22.8. The second-order valence-electron chi connectivity index (χ2n) is 10.8. The van der Waals surface area contributed by atoms with Crippen LogP contribution in [0.15, 0.2) is 96.9 Å². The van der Waals surface area contributed by atoms with Crippen LogP contribution < -0.4 is 45.3 Å². The molecule has 14 heteroatoms. The van der Waals surface area contributed by atoms with Crippen LogP contribution in [0.1, 0.15) is 23.3 Å². The first-order valence-corrected chi connectivity index (χ1v) is 14.5. The molecule has 47 heavy (non-hydrogen) atoms. The molecule has 5 N–H and O–H groups in total. The number of aliphatic hydroxyl groups is 3. The number of aliphatic hydroxyl groups excluding tert-OH is 3. The van der Waals surface area contributed by atoms with Crippen LogP contribution in [0.3, 0.4) is 0 Å². The Morgan fingerprint density at radius 2 is 1.64 bits per heavy atom. The van der Waals surface area contributed by atoms with E-state index in [1.807, 2.05) is 42.5 Å². The summed E-state index contributed by atoms with van der Waals surface area (Å²) in [5, 5.41) is 55.1. The molecule has 2 heterocycles. The van der Waals surface area contributed by atoms with Gasteiger partial charge in [0.1, 0.15) is 35.7 Å². The van der Waals surface area contributed by atoms with Crippen LogP contribution in [-0.4, -0.2) is 79.6 Å². The van der Waals surface area contributed by atoms with Gasteiger partial charge in [0.25, 0.3) is 5.91 Å². The Balaban J connectivity index is 0.00000500. The number of carboxylic acids is 1. The van der Waals surface area contributed by atoms with Crippen molar-refractivity contribution >= 4 is 23.5 Å². The average molecular weight is 650 g/mol. The molecule has 4 aromatic rings. The van der Waals surface area contributed by atoms with Crippen LogP contribution >= 0.6 is 0 Å². The normalized spacial score (nSPS) is 18.5. The Kier molecular flexibility index (Phi) is 12.0. The molecule has 0 aliphatic carbocycles. The van der Waals surface area contributed by atoms with Crippen molar-refractivity contribution in [2.75, 3.05) is 18.5 Å². The first kappa shape index (κ1) is 35.5. The SMILES string of the molecule is C[C@H]1[C@H]([C@H](O)[C@H](O)CO)OC(C(=O)[O-])=C[C@@H]1n1cc(-c2ccccc2NC(=O)CNC(=O)c2ccc(-c3ccccc3)cc2)nn1.[Na+]. The van der Waals surface area contributed by atoms with E-state index < -0.39 is 60.4 Å². The van der Waals surface area contributed by atoms with Gasteiger partial charge in [0.05, 0.1) is 31.1 Å². The maximum Gasteiger partial charge on any atom is 1.00 e. The number of carboxylic acid groups (broad SMARTS) is 1. The summed E-state index contributed by atoms with van der Waals surface area (Å²) >= 11 is 0. The van der Waals surface area contributed by atoms with E-state index in [4.69, 9.17) is 4.74 Å². The van der Waals surface area contributed by atoms with Crippen LogP contribution in [0.25, 0.3) is 22.4 Å². The van der Waals surface area contributed by atoms with Crippen molar-refractivity contribution in [3.8, 4) is 22.4 Å². The van der Waals surface area contributed by atoms with E-state index in [1.54, 1.807) is 43.3 Å². The maximum atomic E-state index is 12.8. The Hall–Kier alpha value is -4.37. The number of benzene rings is 3. The monoisotopic (exact) mass is 649 g/mol. The molecule has 238 valence electrons. The van der Waals surface area contributed by atoms with Crippen molar-refractivity contribution < 1.29 is 69.1 Å². The molecule has 0 radical (unpaired) electrons. The third kappa shape index (κ3) is 8.32. The first-order chi connectivity index (χ1) is 22.2. The van der Waals surface area contributed by atoms with Gasteiger partial charge in [-0.1, -0.05) is 72.8 Å². The number of rotatable bonds is 11. The molecule has 0 fully saturated rings. The summed E-state index contributed by atoms with van der Waals surface area (Å²) in [4.78, 5) is 37.2. The number of ether oxygens (including phenoxy) is 1. The number of aliphatic carboxylic acids is 1. The number of carbonyl (C=O) groups excluding carboxylic acids is 3. The molecule has 13 nitrogen and oxygen atoms in total. The van der Waals surface area contributed by atoms with Gasteiger partial charge in [0.15, 0.2) is 0 Å². The summed E-state index contributed by atoms with van der Waals surface area (Å²) in [5.74, 6) is -3.70. The standard InChI is InChI=1S/C33H33N5O8.Na/c1-19-26(15-28(33(44)45)46-31(19)30(42)27(40)18-39)38-17-25(36-37-38)23-9-5-6-10-24(23)35-29(41)16-34-32(43)22-13-11-21(12-14-22)20-7-3-2-4-8-20;/h2-15,17,19,26-27,30-31,39-40,42H,16,18H2,1H3,(H,34,43)(H,35,41)(H,44,45);/q;+1/p-1/t19-,26+,27-,30-,31-;/m1./s1. The van der Waals surface area contributed by atoms with E-state index in [0.717, 1.165) is 11.1 Å². The first-order valence-electron chi connectivity index (χ1n) is 14.5. The fourth-order valence-corrected chi connectivity index (χ4v) is 5.20. The fourth-order valence-electron chi connectivity index (χ4n) is 5.20. The van der Waals surface area contributed by atoms with Gasteiger partial charge in [0.2, 0.25) is 5.91 Å². The zero-order valence-electron chi connectivity index (χ0n) is 25.7. The van der Waals surface area contributed by atoms with Gasteiger partial charge in [-0.05, 0) is 35.4 Å². The fraction of sp³-hybridized carbons (Fsp3) is 0.242. The molecular formula is C33H32N5NaO8. The van der Waals surface area contributed by atoms with Gasteiger partial charge in [0, 0.05) is 17.0 Å². The molecule has 5 atom stereocenters. The van der Waals surface area contributed by atoms with Gasteiger partial charge < -0.3 is 40.6 Å². The Labute approximate surface area is 292 Å².